The van der Waals surface area contributed by atoms with Crippen LogP contribution in [0.15, 0.2) is 12.3 Å². The molecule has 2 rings (SSSR count). The zero-order valence-electron chi connectivity index (χ0n) is 14.1. The van der Waals surface area contributed by atoms with Gasteiger partial charge in [0.2, 0.25) is 0 Å². The summed E-state index contributed by atoms with van der Waals surface area (Å²) >= 11 is 5.83. The van der Waals surface area contributed by atoms with Crippen molar-refractivity contribution < 1.29 is 9.53 Å². The van der Waals surface area contributed by atoms with Crippen LogP contribution >= 0.6 is 11.6 Å². The second kappa shape index (κ2) is 6.31. The fourth-order valence-corrected chi connectivity index (χ4v) is 2.87. The van der Waals surface area contributed by atoms with E-state index in [0.29, 0.717) is 16.7 Å². The fraction of sp³-hybridized carbons (Fsp3) is 0.533. The summed E-state index contributed by atoms with van der Waals surface area (Å²) in [4.78, 5) is 12.4. The van der Waals surface area contributed by atoms with E-state index in [0.717, 1.165) is 0 Å². The summed E-state index contributed by atoms with van der Waals surface area (Å²) in [6.07, 6.45) is 0.781. The minimum atomic E-state index is -1.92. The summed E-state index contributed by atoms with van der Waals surface area (Å²) in [5, 5.41) is 10.6. The number of nitrogens with two attached hydrogens (primary N) is 1. The summed E-state index contributed by atoms with van der Waals surface area (Å²) < 4.78 is 6.04. The molecular formula is C15H23ClN4O2Si. The smallest absolute Gasteiger partial charge is 0.192 e. The topological polar surface area (TPSA) is 94.2 Å². The first kappa shape index (κ1) is 18.1. The zero-order chi connectivity index (χ0) is 17.4. The number of hydrogen-bond acceptors (Lipinski definition) is 6. The Bertz CT molecular complexity index is 718. The summed E-state index contributed by atoms with van der Waals surface area (Å²) in [6.45, 7) is 11.0. The van der Waals surface area contributed by atoms with Crippen molar-refractivity contribution in [2.24, 2.45) is 0 Å². The van der Waals surface area contributed by atoms with Crippen molar-refractivity contribution in [2.75, 3.05) is 12.3 Å². The Morgan fingerprint density at radius 2 is 2.00 bits per heavy atom. The molecule has 2 heterocycles. The van der Waals surface area contributed by atoms with Crippen LogP contribution in [0.2, 0.25) is 23.3 Å². The standard InChI is InChI=1S/C15H23ClN4O2Si/c1-15(2,3)23(4,5)22-8-11(21)9-6-10-14(18-7-9)20-12(16)13(17)19-10/h6-7,11,21H,8H2,1-5H3,(H2,17,19). The normalized spacial score (nSPS) is 14.2. The summed E-state index contributed by atoms with van der Waals surface area (Å²) in [5.74, 6) is 0.144. The van der Waals surface area contributed by atoms with E-state index in [9.17, 15) is 5.11 Å². The van der Waals surface area contributed by atoms with Gasteiger partial charge in [-0.15, -0.1) is 0 Å². The molecule has 23 heavy (non-hydrogen) atoms. The molecule has 0 bridgehead atoms. The third kappa shape index (κ3) is 3.98. The van der Waals surface area contributed by atoms with Crippen LogP contribution in [0.4, 0.5) is 5.82 Å². The highest BCUT2D eigenvalue weighted by Crippen LogP contribution is 2.37. The highest BCUT2D eigenvalue weighted by Gasteiger charge is 2.37. The van der Waals surface area contributed by atoms with Gasteiger partial charge in [-0.2, -0.15) is 0 Å². The molecule has 0 spiro atoms. The van der Waals surface area contributed by atoms with E-state index in [2.05, 4.69) is 48.8 Å². The summed E-state index contributed by atoms with van der Waals surface area (Å²) in [5.41, 5.74) is 7.17. The predicted octanol–water partition coefficient (Wildman–Crippen LogP) is 3.32. The van der Waals surface area contributed by atoms with Crippen LogP contribution in [0.3, 0.4) is 0 Å². The molecule has 1 unspecified atom stereocenters. The van der Waals surface area contributed by atoms with Gasteiger partial charge in [-0.1, -0.05) is 32.4 Å². The number of halogens is 1. The first-order valence-electron chi connectivity index (χ1n) is 7.42. The van der Waals surface area contributed by atoms with Crippen LogP contribution in [-0.2, 0) is 4.43 Å². The molecule has 0 saturated carbocycles. The van der Waals surface area contributed by atoms with Gasteiger partial charge in [0.15, 0.2) is 24.9 Å². The number of rotatable bonds is 4. The molecule has 2 aromatic heterocycles. The maximum absolute atomic E-state index is 10.4. The Balaban J connectivity index is 2.18. The van der Waals surface area contributed by atoms with Gasteiger partial charge in [0.1, 0.15) is 11.6 Å². The Morgan fingerprint density at radius 3 is 2.61 bits per heavy atom. The van der Waals surface area contributed by atoms with Crippen molar-refractivity contribution in [3.63, 3.8) is 0 Å². The number of fused-ring (bicyclic) bond motifs is 1. The van der Waals surface area contributed by atoms with E-state index in [1.165, 1.54) is 0 Å². The van der Waals surface area contributed by atoms with Crippen molar-refractivity contribution in [3.05, 3.63) is 23.0 Å². The number of aromatic nitrogens is 3. The number of pyridine rings is 1. The quantitative estimate of drug-likeness (QED) is 0.818. The number of aliphatic hydroxyl groups is 1. The van der Waals surface area contributed by atoms with Crippen LogP contribution in [0, 0.1) is 0 Å². The van der Waals surface area contributed by atoms with Gasteiger partial charge >= 0.3 is 0 Å². The zero-order valence-corrected chi connectivity index (χ0v) is 15.8. The van der Waals surface area contributed by atoms with Crippen molar-refractivity contribution in [1.29, 1.82) is 0 Å². The van der Waals surface area contributed by atoms with Crippen molar-refractivity contribution in [3.8, 4) is 0 Å². The van der Waals surface area contributed by atoms with Crippen LogP contribution < -0.4 is 5.73 Å². The van der Waals surface area contributed by atoms with Gasteiger partial charge in [-0.05, 0) is 24.2 Å². The molecule has 0 aliphatic heterocycles. The maximum atomic E-state index is 10.4. The van der Waals surface area contributed by atoms with Gasteiger partial charge in [0, 0.05) is 11.8 Å². The molecular weight excluding hydrogens is 332 g/mol. The molecule has 2 aromatic rings. The minimum Gasteiger partial charge on any atom is -0.414 e. The van der Waals surface area contributed by atoms with E-state index in [-0.39, 0.29) is 22.6 Å². The number of nitrogen functional groups attached to an aromatic ring is 1. The molecule has 1 atom stereocenters. The largest absolute Gasteiger partial charge is 0.414 e. The van der Waals surface area contributed by atoms with Crippen molar-refractivity contribution in [1.82, 2.24) is 15.0 Å². The van der Waals surface area contributed by atoms with Crippen molar-refractivity contribution >= 4 is 36.9 Å². The predicted molar refractivity (Wildman–Crippen MR) is 94.9 cm³/mol. The van der Waals surface area contributed by atoms with Crippen LogP contribution in [0.25, 0.3) is 11.2 Å². The lowest BCUT2D eigenvalue weighted by Gasteiger charge is -2.36. The molecule has 6 nitrogen and oxygen atoms in total. The molecule has 0 amide bonds. The van der Waals surface area contributed by atoms with Gasteiger partial charge in [-0.25, -0.2) is 15.0 Å². The van der Waals surface area contributed by atoms with E-state index in [4.69, 9.17) is 21.8 Å². The Labute approximate surface area is 142 Å². The van der Waals surface area contributed by atoms with E-state index in [1.54, 1.807) is 12.3 Å². The third-order valence-corrected chi connectivity index (χ3v) is 9.10. The number of nitrogens with zero attached hydrogens (tertiary/aromatic N) is 3. The Kier molecular flexibility index (Phi) is 4.96. The van der Waals surface area contributed by atoms with Gasteiger partial charge in [0.05, 0.1) is 6.61 Å². The molecule has 0 fully saturated rings. The summed E-state index contributed by atoms with van der Waals surface area (Å²) in [7, 11) is -1.92. The van der Waals surface area contributed by atoms with Gasteiger partial charge in [-0.3, -0.25) is 0 Å². The minimum absolute atomic E-state index is 0.0883. The lowest BCUT2D eigenvalue weighted by molar-refractivity contribution is 0.100. The van der Waals surface area contributed by atoms with Crippen LogP contribution in [0.5, 0.6) is 0 Å². The van der Waals surface area contributed by atoms with E-state index in [1.807, 2.05) is 0 Å². The fourth-order valence-electron chi connectivity index (χ4n) is 1.74. The molecule has 0 aliphatic carbocycles. The molecule has 126 valence electrons. The number of anilines is 1. The second-order valence-corrected chi connectivity index (χ2v) is 12.3. The van der Waals surface area contributed by atoms with Gasteiger partial charge in [0.25, 0.3) is 0 Å². The lowest BCUT2D eigenvalue weighted by atomic mass is 10.1. The van der Waals surface area contributed by atoms with Crippen LogP contribution in [0.1, 0.15) is 32.4 Å². The molecule has 0 aliphatic rings. The SMILES string of the molecule is CC(C)(C)[Si](C)(C)OCC(O)c1cnc2nc(Cl)c(N)nc2c1. The van der Waals surface area contributed by atoms with E-state index >= 15 is 0 Å². The molecule has 0 saturated heterocycles. The second-order valence-electron chi connectivity index (χ2n) is 7.10. The molecule has 3 N–H and O–H groups in total. The first-order valence-corrected chi connectivity index (χ1v) is 10.7. The molecule has 8 heteroatoms. The van der Waals surface area contributed by atoms with E-state index < -0.39 is 14.4 Å². The highest BCUT2D eigenvalue weighted by molar-refractivity contribution is 6.74. The lowest BCUT2D eigenvalue weighted by Crippen LogP contribution is -2.41. The maximum Gasteiger partial charge on any atom is 0.192 e. The van der Waals surface area contributed by atoms with Crippen molar-refractivity contribution in [2.45, 2.75) is 45.0 Å². The molecule has 0 radical (unpaired) electrons. The number of aliphatic hydroxyl groups excluding tert-OH is 1. The summed E-state index contributed by atoms with van der Waals surface area (Å²) in [6, 6.07) is 1.71. The first-order chi connectivity index (χ1) is 10.5. The Hall–Kier alpha value is -1.28. The average molecular weight is 355 g/mol. The number of hydrogen-bond donors (Lipinski definition) is 2. The van der Waals surface area contributed by atoms with Gasteiger partial charge < -0.3 is 15.3 Å². The third-order valence-electron chi connectivity index (χ3n) is 4.32. The Morgan fingerprint density at radius 1 is 1.35 bits per heavy atom. The molecule has 0 aromatic carbocycles. The highest BCUT2D eigenvalue weighted by atomic mass is 35.5. The monoisotopic (exact) mass is 354 g/mol. The average Bonchev–Trinajstić information content (AvgIpc) is 2.44. The van der Waals surface area contributed by atoms with Crippen LogP contribution in [-0.4, -0.2) is 35.0 Å².